The SMILES string of the molecule is CCS(=O)(=O)c1cccnc1C1=Nc2cc(C)c[n+]([O-])c2C1. The zero-order valence-corrected chi connectivity index (χ0v) is 13.1. The number of nitrogens with zero attached hydrogens (tertiary/aromatic N) is 3. The first-order valence-electron chi connectivity index (χ1n) is 6.91. The van der Waals surface area contributed by atoms with Gasteiger partial charge in [0.1, 0.15) is 11.4 Å². The topological polar surface area (TPSA) is 86.3 Å². The molecule has 0 saturated heterocycles. The maximum Gasteiger partial charge on any atom is 0.224 e. The molecule has 1 aliphatic rings. The molecule has 0 spiro atoms. The van der Waals surface area contributed by atoms with Crippen LogP contribution in [-0.4, -0.2) is 24.9 Å². The summed E-state index contributed by atoms with van der Waals surface area (Å²) in [5, 5.41) is 12.0. The van der Waals surface area contributed by atoms with E-state index in [2.05, 4.69) is 9.98 Å². The fraction of sp³-hybridized carbons (Fsp3) is 0.267. The van der Waals surface area contributed by atoms with Crippen molar-refractivity contribution in [2.24, 2.45) is 4.99 Å². The van der Waals surface area contributed by atoms with Crippen molar-refractivity contribution in [3.8, 4) is 0 Å². The summed E-state index contributed by atoms with van der Waals surface area (Å²) in [7, 11) is -3.40. The van der Waals surface area contributed by atoms with Crippen LogP contribution < -0.4 is 4.73 Å². The van der Waals surface area contributed by atoms with Crippen molar-refractivity contribution < 1.29 is 13.1 Å². The van der Waals surface area contributed by atoms with Gasteiger partial charge in [-0.15, -0.1) is 0 Å². The Hall–Kier alpha value is -2.28. The third-order valence-electron chi connectivity index (χ3n) is 3.60. The molecule has 0 unspecified atom stereocenters. The second-order valence-electron chi connectivity index (χ2n) is 5.16. The molecule has 0 amide bonds. The third kappa shape index (κ3) is 2.37. The smallest absolute Gasteiger partial charge is 0.224 e. The molecule has 2 aromatic heterocycles. The molecule has 2 aromatic rings. The van der Waals surface area contributed by atoms with Crippen LogP contribution >= 0.6 is 0 Å². The molecular formula is C15H15N3O3S. The first kappa shape index (κ1) is 14.6. The Balaban J connectivity index is 2.13. The number of pyridine rings is 2. The van der Waals surface area contributed by atoms with E-state index < -0.39 is 9.84 Å². The second-order valence-corrected chi connectivity index (χ2v) is 7.41. The minimum atomic E-state index is -3.40. The summed E-state index contributed by atoms with van der Waals surface area (Å²) in [6.07, 6.45) is 3.30. The molecule has 0 aromatic carbocycles. The van der Waals surface area contributed by atoms with Gasteiger partial charge in [0.05, 0.1) is 22.8 Å². The number of hydrogen-bond acceptors (Lipinski definition) is 5. The molecule has 0 fully saturated rings. The van der Waals surface area contributed by atoms with E-state index in [4.69, 9.17) is 0 Å². The predicted molar refractivity (Wildman–Crippen MR) is 82.0 cm³/mol. The van der Waals surface area contributed by atoms with E-state index in [-0.39, 0.29) is 17.1 Å². The van der Waals surface area contributed by atoms with Gasteiger partial charge < -0.3 is 5.21 Å². The first-order valence-corrected chi connectivity index (χ1v) is 8.56. The van der Waals surface area contributed by atoms with Crippen LogP contribution in [0.1, 0.15) is 23.9 Å². The lowest BCUT2D eigenvalue weighted by atomic mass is 10.1. The van der Waals surface area contributed by atoms with Crippen LogP contribution in [0.3, 0.4) is 0 Å². The van der Waals surface area contributed by atoms with Crippen molar-refractivity contribution in [2.75, 3.05) is 5.75 Å². The molecule has 3 rings (SSSR count). The predicted octanol–water partition coefficient (Wildman–Crippen LogP) is 1.49. The third-order valence-corrected chi connectivity index (χ3v) is 5.36. The Morgan fingerprint density at radius 2 is 2.18 bits per heavy atom. The Morgan fingerprint density at radius 3 is 2.91 bits per heavy atom. The van der Waals surface area contributed by atoms with Crippen molar-refractivity contribution in [1.82, 2.24) is 4.98 Å². The van der Waals surface area contributed by atoms with Crippen LogP contribution in [-0.2, 0) is 16.3 Å². The van der Waals surface area contributed by atoms with Crippen LogP contribution in [0, 0.1) is 12.1 Å². The van der Waals surface area contributed by atoms with Gasteiger partial charge in [-0.1, -0.05) is 6.92 Å². The average molecular weight is 317 g/mol. The van der Waals surface area contributed by atoms with E-state index in [0.717, 1.165) is 10.3 Å². The van der Waals surface area contributed by atoms with Gasteiger partial charge in [-0.3, -0.25) is 4.98 Å². The summed E-state index contributed by atoms with van der Waals surface area (Å²) in [5.74, 6) is -0.00736. The van der Waals surface area contributed by atoms with Crippen molar-refractivity contribution in [3.05, 3.63) is 52.8 Å². The number of fused-ring (bicyclic) bond motifs is 1. The average Bonchev–Trinajstić information content (AvgIpc) is 2.91. The van der Waals surface area contributed by atoms with Crippen LogP contribution in [0.5, 0.6) is 0 Å². The maximum atomic E-state index is 12.2. The molecule has 0 radical (unpaired) electrons. The summed E-state index contributed by atoms with van der Waals surface area (Å²) in [5.41, 5.74) is 2.75. The van der Waals surface area contributed by atoms with Gasteiger partial charge in [-0.25, -0.2) is 13.4 Å². The van der Waals surface area contributed by atoms with Crippen LogP contribution in [0.25, 0.3) is 0 Å². The second kappa shape index (κ2) is 5.17. The quantitative estimate of drug-likeness (QED) is 0.634. The lowest BCUT2D eigenvalue weighted by Gasteiger charge is -2.07. The lowest BCUT2D eigenvalue weighted by Crippen LogP contribution is -2.31. The molecule has 22 heavy (non-hydrogen) atoms. The standard InChI is InChI=1S/C15H15N3O3S/c1-3-22(20,21)14-5-4-6-16-15(14)12-8-13-11(17-12)7-10(2)9-18(13)19/h4-7,9H,3,8H2,1-2H3. The van der Waals surface area contributed by atoms with Crippen LogP contribution in [0.4, 0.5) is 5.69 Å². The van der Waals surface area contributed by atoms with Crippen LogP contribution in [0.15, 0.2) is 40.5 Å². The lowest BCUT2D eigenvalue weighted by molar-refractivity contribution is -0.612. The van der Waals surface area contributed by atoms with Gasteiger partial charge >= 0.3 is 0 Å². The molecular weight excluding hydrogens is 302 g/mol. The molecule has 0 bridgehead atoms. The highest BCUT2D eigenvalue weighted by Gasteiger charge is 2.28. The van der Waals surface area contributed by atoms with Crippen molar-refractivity contribution in [2.45, 2.75) is 25.2 Å². The minimum Gasteiger partial charge on any atom is -0.618 e. The highest BCUT2D eigenvalue weighted by atomic mass is 32.2. The van der Waals surface area contributed by atoms with Gasteiger partial charge in [0.15, 0.2) is 16.0 Å². The van der Waals surface area contributed by atoms with Gasteiger partial charge in [-0.05, 0) is 25.1 Å². The fourth-order valence-electron chi connectivity index (χ4n) is 2.47. The normalized spacial score (nSPS) is 13.8. The van der Waals surface area contributed by atoms with Crippen molar-refractivity contribution in [3.63, 3.8) is 0 Å². The summed E-state index contributed by atoms with van der Waals surface area (Å²) in [4.78, 5) is 8.77. The number of hydrogen-bond donors (Lipinski definition) is 0. The Kier molecular flexibility index (Phi) is 3.44. The molecule has 7 heteroatoms. The largest absolute Gasteiger partial charge is 0.618 e. The highest BCUT2D eigenvalue weighted by molar-refractivity contribution is 7.91. The summed E-state index contributed by atoms with van der Waals surface area (Å²) in [6, 6.07) is 4.93. The highest BCUT2D eigenvalue weighted by Crippen LogP contribution is 2.28. The summed E-state index contributed by atoms with van der Waals surface area (Å²) >= 11 is 0. The molecule has 0 atom stereocenters. The van der Waals surface area contributed by atoms with Gasteiger partial charge in [-0.2, -0.15) is 4.73 Å². The minimum absolute atomic E-state index is 0.00736. The van der Waals surface area contributed by atoms with E-state index in [1.54, 1.807) is 13.0 Å². The number of aryl methyl sites for hydroxylation is 1. The molecule has 3 heterocycles. The Morgan fingerprint density at radius 1 is 1.41 bits per heavy atom. The zero-order chi connectivity index (χ0) is 15.9. The monoisotopic (exact) mass is 317 g/mol. The number of sulfone groups is 1. The van der Waals surface area contributed by atoms with Crippen molar-refractivity contribution >= 4 is 21.2 Å². The zero-order valence-electron chi connectivity index (χ0n) is 12.3. The Labute approximate surface area is 128 Å². The van der Waals surface area contributed by atoms with Gasteiger partial charge in [0.25, 0.3) is 0 Å². The molecule has 0 N–H and O–H groups in total. The Bertz CT molecular complexity index is 889. The molecule has 0 saturated carbocycles. The molecule has 114 valence electrons. The van der Waals surface area contributed by atoms with E-state index in [1.165, 1.54) is 18.5 Å². The van der Waals surface area contributed by atoms with E-state index >= 15 is 0 Å². The van der Waals surface area contributed by atoms with E-state index in [0.29, 0.717) is 22.8 Å². The van der Waals surface area contributed by atoms with Gasteiger partial charge in [0, 0.05) is 11.8 Å². The van der Waals surface area contributed by atoms with Crippen LogP contribution in [0.2, 0.25) is 0 Å². The fourth-order valence-corrected chi connectivity index (χ4v) is 3.53. The molecule has 0 aliphatic carbocycles. The maximum absolute atomic E-state index is 12.2. The number of aromatic nitrogens is 2. The van der Waals surface area contributed by atoms with Gasteiger partial charge in [0.2, 0.25) is 5.69 Å². The molecule has 6 nitrogen and oxygen atoms in total. The van der Waals surface area contributed by atoms with E-state index in [9.17, 15) is 13.6 Å². The molecule has 1 aliphatic heterocycles. The summed E-state index contributed by atoms with van der Waals surface area (Å²) in [6.45, 7) is 3.40. The number of aliphatic imine (C=N–C) groups is 1. The van der Waals surface area contributed by atoms with Crippen molar-refractivity contribution in [1.29, 1.82) is 0 Å². The number of rotatable bonds is 3. The van der Waals surface area contributed by atoms with E-state index in [1.807, 2.05) is 13.0 Å². The first-order chi connectivity index (χ1) is 10.4. The summed E-state index contributed by atoms with van der Waals surface area (Å²) < 4.78 is 25.2.